The number of aromatic nitrogens is 1. The number of aromatic amines is 1. The van der Waals surface area contributed by atoms with Crippen molar-refractivity contribution < 1.29 is 14.7 Å². The fourth-order valence-corrected chi connectivity index (χ4v) is 5.97. The summed E-state index contributed by atoms with van der Waals surface area (Å²) >= 11 is 3.57. The summed E-state index contributed by atoms with van der Waals surface area (Å²) in [6, 6.07) is 5.96. The maximum absolute atomic E-state index is 13.2. The molecule has 9 heteroatoms. The molecule has 1 saturated carbocycles. The largest absolute Gasteiger partial charge is 0.465 e. The first-order valence-corrected chi connectivity index (χ1v) is 13.5. The van der Waals surface area contributed by atoms with E-state index in [-0.39, 0.29) is 30.1 Å². The number of aryl methyl sites for hydroxylation is 2. The van der Waals surface area contributed by atoms with Crippen molar-refractivity contribution >= 4 is 33.6 Å². The first-order chi connectivity index (χ1) is 17.2. The van der Waals surface area contributed by atoms with E-state index in [1.165, 1.54) is 0 Å². The number of carbonyl (C=O) groups excluding carboxylic acids is 1. The van der Waals surface area contributed by atoms with E-state index in [0.717, 1.165) is 52.7 Å². The standard InChI is InChI=1S/C28H39BrN4O4/c1-16-12-17(2)31-26(35)23(16)15-30-25(34)22-13-19(29)14-24(18(22)3)32(7)20-8-10-21(11-9-20)33(27(36)37)28(4,5)6/h12-14,20-21H,8-11,15H2,1-7H3,(H,30,34)(H,31,35)(H,36,37). The van der Waals surface area contributed by atoms with Gasteiger partial charge in [0.15, 0.2) is 0 Å². The first-order valence-electron chi connectivity index (χ1n) is 12.7. The number of amides is 2. The van der Waals surface area contributed by atoms with Crippen LogP contribution in [0.25, 0.3) is 0 Å². The third-order valence-corrected chi connectivity index (χ3v) is 7.85. The van der Waals surface area contributed by atoms with E-state index >= 15 is 0 Å². The number of benzene rings is 1. The van der Waals surface area contributed by atoms with Crippen LogP contribution in [0, 0.1) is 20.8 Å². The van der Waals surface area contributed by atoms with E-state index in [1.807, 2.05) is 60.7 Å². The molecule has 1 aliphatic rings. The van der Waals surface area contributed by atoms with Crippen LogP contribution in [0.15, 0.2) is 27.5 Å². The highest BCUT2D eigenvalue weighted by atomic mass is 79.9. The zero-order valence-electron chi connectivity index (χ0n) is 22.9. The lowest BCUT2D eigenvalue weighted by Crippen LogP contribution is -2.53. The van der Waals surface area contributed by atoms with Gasteiger partial charge >= 0.3 is 6.09 Å². The summed E-state index contributed by atoms with van der Waals surface area (Å²) in [4.78, 5) is 44.0. The highest BCUT2D eigenvalue weighted by Crippen LogP contribution is 2.35. The summed E-state index contributed by atoms with van der Waals surface area (Å²) in [7, 11) is 2.04. The van der Waals surface area contributed by atoms with Gasteiger partial charge in [-0.15, -0.1) is 0 Å². The molecule has 1 heterocycles. The van der Waals surface area contributed by atoms with Crippen LogP contribution in [0.4, 0.5) is 10.5 Å². The Bertz CT molecular complexity index is 1230. The number of hydrogen-bond acceptors (Lipinski definition) is 4. The number of nitrogens with zero attached hydrogens (tertiary/aromatic N) is 2. The van der Waals surface area contributed by atoms with Gasteiger partial charge in [0.1, 0.15) is 0 Å². The Kier molecular flexibility index (Phi) is 8.78. The number of carbonyl (C=O) groups is 2. The van der Waals surface area contributed by atoms with Gasteiger partial charge in [-0.1, -0.05) is 15.9 Å². The fraction of sp³-hybridized carbons (Fsp3) is 0.536. The van der Waals surface area contributed by atoms with Crippen LogP contribution in [0.5, 0.6) is 0 Å². The number of carboxylic acid groups (broad SMARTS) is 1. The summed E-state index contributed by atoms with van der Waals surface area (Å²) in [5, 5.41) is 12.7. The summed E-state index contributed by atoms with van der Waals surface area (Å²) in [6.45, 7) is 11.6. The van der Waals surface area contributed by atoms with Crippen LogP contribution in [-0.4, -0.2) is 51.7 Å². The molecule has 0 saturated heterocycles. The monoisotopic (exact) mass is 574 g/mol. The number of hydrogen-bond donors (Lipinski definition) is 3. The Morgan fingerprint density at radius 2 is 1.68 bits per heavy atom. The van der Waals surface area contributed by atoms with Gasteiger partial charge in [-0.25, -0.2) is 4.79 Å². The minimum absolute atomic E-state index is 0.000441. The Morgan fingerprint density at radius 3 is 2.22 bits per heavy atom. The summed E-state index contributed by atoms with van der Waals surface area (Å²) in [6.07, 6.45) is 2.45. The molecular formula is C28H39BrN4O4. The van der Waals surface area contributed by atoms with Gasteiger partial charge < -0.3 is 25.2 Å². The lowest BCUT2D eigenvalue weighted by Gasteiger charge is -2.44. The van der Waals surface area contributed by atoms with Gasteiger partial charge in [0, 0.05) is 58.2 Å². The van der Waals surface area contributed by atoms with Gasteiger partial charge in [0.05, 0.1) is 0 Å². The molecule has 1 aromatic heterocycles. The maximum atomic E-state index is 13.2. The molecule has 0 unspecified atom stereocenters. The Balaban J connectivity index is 1.75. The highest BCUT2D eigenvalue weighted by molar-refractivity contribution is 9.10. The second-order valence-electron chi connectivity index (χ2n) is 11.1. The van der Waals surface area contributed by atoms with Crippen LogP contribution in [0.2, 0.25) is 0 Å². The second-order valence-corrected chi connectivity index (χ2v) is 12.0. The van der Waals surface area contributed by atoms with Crippen molar-refractivity contribution in [3.63, 3.8) is 0 Å². The van der Waals surface area contributed by atoms with Gasteiger partial charge in [-0.05, 0) is 96.6 Å². The quantitative estimate of drug-likeness (QED) is 0.421. The van der Waals surface area contributed by atoms with Gasteiger partial charge in [-0.2, -0.15) is 0 Å². The lowest BCUT2D eigenvalue weighted by atomic mass is 9.87. The van der Waals surface area contributed by atoms with Crippen molar-refractivity contribution in [2.24, 2.45) is 0 Å². The van der Waals surface area contributed by atoms with E-state index in [0.29, 0.717) is 11.1 Å². The number of nitrogens with one attached hydrogen (secondary N) is 2. The SMILES string of the molecule is Cc1cc(C)c(CNC(=O)c2cc(Br)cc(N(C)C3CCC(N(C(=O)O)C(C)(C)C)CC3)c2C)c(=O)[nH]1. The van der Waals surface area contributed by atoms with Crippen LogP contribution in [0.3, 0.4) is 0 Å². The molecule has 2 aromatic rings. The summed E-state index contributed by atoms with van der Waals surface area (Å²) < 4.78 is 0.799. The van der Waals surface area contributed by atoms with Crippen molar-refractivity contribution in [2.75, 3.05) is 11.9 Å². The van der Waals surface area contributed by atoms with Gasteiger partial charge in [0.25, 0.3) is 11.5 Å². The average molecular weight is 576 g/mol. The summed E-state index contributed by atoms with van der Waals surface area (Å²) in [5.41, 5.74) is 3.92. The molecule has 0 spiro atoms. The minimum Gasteiger partial charge on any atom is -0.465 e. The molecule has 202 valence electrons. The van der Waals surface area contributed by atoms with Crippen LogP contribution in [-0.2, 0) is 6.54 Å². The van der Waals surface area contributed by atoms with Crippen molar-refractivity contribution in [1.82, 2.24) is 15.2 Å². The Labute approximate surface area is 227 Å². The molecule has 1 aromatic carbocycles. The highest BCUT2D eigenvalue weighted by Gasteiger charge is 2.36. The van der Waals surface area contributed by atoms with Gasteiger partial charge in [-0.3, -0.25) is 9.59 Å². The second kappa shape index (κ2) is 11.3. The molecule has 0 aliphatic heterocycles. The minimum atomic E-state index is -0.870. The lowest BCUT2D eigenvalue weighted by molar-refractivity contribution is 0.0547. The average Bonchev–Trinajstić information content (AvgIpc) is 2.78. The molecule has 0 atom stereocenters. The molecule has 8 nitrogen and oxygen atoms in total. The smallest absolute Gasteiger partial charge is 0.407 e. The molecular weight excluding hydrogens is 536 g/mol. The molecule has 2 amide bonds. The van der Waals surface area contributed by atoms with E-state index in [2.05, 4.69) is 31.1 Å². The van der Waals surface area contributed by atoms with Crippen molar-refractivity contribution in [3.05, 3.63) is 61.0 Å². The maximum Gasteiger partial charge on any atom is 0.407 e. The number of rotatable bonds is 6. The van der Waals surface area contributed by atoms with Crippen LogP contribution >= 0.6 is 15.9 Å². The third-order valence-electron chi connectivity index (χ3n) is 7.40. The first kappa shape index (κ1) is 28.8. The molecule has 3 rings (SSSR count). The van der Waals surface area contributed by atoms with Gasteiger partial charge in [0.2, 0.25) is 0 Å². The topological polar surface area (TPSA) is 106 Å². The third kappa shape index (κ3) is 6.55. The van der Waals surface area contributed by atoms with Crippen LogP contribution in [0.1, 0.15) is 79.2 Å². The van der Waals surface area contributed by atoms with Crippen LogP contribution < -0.4 is 15.8 Å². The molecule has 3 N–H and O–H groups in total. The number of H-pyrrole nitrogens is 1. The number of halogens is 1. The Morgan fingerprint density at radius 1 is 1.08 bits per heavy atom. The number of anilines is 1. The number of pyridine rings is 1. The normalized spacial score (nSPS) is 17.8. The van der Waals surface area contributed by atoms with E-state index in [1.54, 1.807) is 11.0 Å². The van der Waals surface area contributed by atoms with Crippen molar-refractivity contribution in [2.45, 2.75) is 91.4 Å². The van der Waals surface area contributed by atoms with E-state index in [9.17, 15) is 19.5 Å². The predicted molar refractivity (Wildman–Crippen MR) is 151 cm³/mol. The van der Waals surface area contributed by atoms with E-state index < -0.39 is 11.6 Å². The molecule has 1 aliphatic carbocycles. The molecule has 0 bridgehead atoms. The zero-order valence-corrected chi connectivity index (χ0v) is 24.5. The molecule has 1 fully saturated rings. The molecule has 0 radical (unpaired) electrons. The fourth-order valence-electron chi connectivity index (χ4n) is 5.52. The van der Waals surface area contributed by atoms with E-state index in [4.69, 9.17) is 0 Å². The van der Waals surface area contributed by atoms with Crippen molar-refractivity contribution in [1.29, 1.82) is 0 Å². The predicted octanol–water partition coefficient (Wildman–Crippen LogP) is 5.52. The zero-order chi connectivity index (χ0) is 27.7. The summed E-state index contributed by atoms with van der Waals surface area (Å²) in [5.74, 6) is -0.237. The van der Waals surface area contributed by atoms with Crippen molar-refractivity contribution in [3.8, 4) is 0 Å². The Hall–Kier alpha value is -2.81. The molecule has 37 heavy (non-hydrogen) atoms.